The molecular weight excluding hydrogens is 344 g/mol. The average molecular weight is 360 g/mol. The highest BCUT2D eigenvalue weighted by atomic mass is 16.4. The van der Waals surface area contributed by atoms with E-state index in [-0.39, 0.29) is 17.9 Å². The molecule has 1 amide bonds. The Bertz CT molecular complexity index is 1000. The minimum atomic E-state index is -1.03. The molecule has 7 nitrogen and oxygen atoms in total. The predicted molar refractivity (Wildman–Crippen MR) is 99.2 cm³/mol. The number of anilines is 1. The maximum atomic E-state index is 12.8. The van der Waals surface area contributed by atoms with Gasteiger partial charge in [0.05, 0.1) is 30.2 Å². The number of carbonyl (C=O) groups excluding carboxylic acids is 1. The van der Waals surface area contributed by atoms with E-state index in [9.17, 15) is 9.59 Å². The van der Waals surface area contributed by atoms with Crippen molar-refractivity contribution in [3.63, 3.8) is 0 Å². The summed E-state index contributed by atoms with van der Waals surface area (Å²) in [6.45, 7) is 0.386. The summed E-state index contributed by atoms with van der Waals surface area (Å²) >= 11 is 0. The highest BCUT2D eigenvalue weighted by Crippen LogP contribution is 2.23. The monoisotopic (exact) mass is 360 g/mol. The molecule has 0 bridgehead atoms. The van der Waals surface area contributed by atoms with Crippen LogP contribution in [0, 0.1) is 11.3 Å². The lowest BCUT2D eigenvalue weighted by molar-refractivity contribution is 0.0696. The first-order valence-electron chi connectivity index (χ1n) is 8.23. The summed E-state index contributed by atoms with van der Waals surface area (Å²) in [4.78, 5) is 23.7. The summed E-state index contributed by atoms with van der Waals surface area (Å²) < 4.78 is 1.58. The molecule has 1 aromatic heterocycles. The van der Waals surface area contributed by atoms with E-state index in [0.717, 1.165) is 5.56 Å². The largest absolute Gasteiger partial charge is 0.478 e. The molecule has 0 unspecified atom stereocenters. The van der Waals surface area contributed by atoms with E-state index in [1.54, 1.807) is 10.9 Å². The molecule has 0 atom stereocenters. The van der Waals surface area contributed by atoms with Crippen molar-refractivity contribution in [2.45, 2.75) is 13.0 Å². The fourth-order valence-electron chi connectivity index (χ4n) is 2.57. The Morgan fingerprint density at radius 3 is 2.44 bits per heavy atom. The molecule has 0 fully saturated rings. The smallest absolute Gasteiger partial charge is 0.335 e. The number of aromatic carboxylic acids is 1. The summed E-state index contributed by atoms with van der Waals surface area (Å²) in [5.41, 5.74) is 2.31. The van der Waals surface area contributed by atoms with E-state index >= 15 is 0 Å². The maximum Gasteiger partial charge on any atom is 0.335 e. The van der Waals surface area contributed by atoms with Gasteiger partial charge in [0.25, 0.3) is 5.91 Å². The molecule has 0 spiro atoms. The molecule has 0 saturated carbocycles. The van der Waals surface area contributed by atoms with Crippen molar-refractivity contribution in [1.82, 2.24) is 9.78 Å². The van der Waals surface area contributed by atoms with Crippen LogP contribution in [0.4, 0.5) is 5.69 Å². The van der Waals surface area contributed by atoms with E-state index in [2.05, 4.69) is 16.5 Å². The Hall–Kier alpha value is -3.92. The second-order valence-electron chi connectivity index (χ2n) is 5.77. The van der Waals surface area contributed by atoms with Crippen LogP contribution in [0.3, 0.4) is 0 Å². The average Bonchev–Trinajstić information content (AvgIpc) is 3.12. The molecule has 2 aromatic carbocycles. The van der Waals surface area contributed by atoms with Crippen LogP contribution in [0.25, 0.3) is 11.3 Å². The molecule has 3 aromatic rings. The Balaban J connectivity index is 1.89. The number of nitrogens with zero attached hydrogens (tertiary/aromatic N) is 3. The number of carboxylic acid groups (broad SMARTS) is 1. The number of hydrogen-bond acceptors (Lipinski definition) is 4. The number of nitrogens with one attached hydrogen (secondary N) is 1. The molecule has 0 aliphatic carbocycles. The molecular formula is C20H16N4O3. The molecule has 0 saturated heterocycles. The lowest BCUT2D eigenvalue weighted by Crippen LogP contribution is -2.12. The van der Waals surface area contributed by atoms with Crippen LogP contribution in [0.5, 0.6) is 0 Å². The van der Waals surface area contributed by atoms with E-state index in [0.29, 0.717) is 23.5 Å². The number of hydrogen-bond donors (Lipinski definition) is 2. The van der Waals surface area contributed by atoms with Gasteiger partial charge < -0.3 is 10.4 Å². The first kappa shape index (κ1) is 17.9. The van der Waals surface area contributed by atoms with Gasteiger partial charge in [0, 0.05) is 17.4 Å². The van der Waals surface area contributed by atoms with Crippen LogP contribution in [0.15, 0.2) is 60.8 Å². The normalized spacial score (nSPS) is 10.2. The number of rotatable bonds is 6. The molecule has 134 valence electrons. The second-order valence-corrected chi connectivity index (χ2v) is 5.77. The van der Waals surface area contributed by atoms with E-state index < -0.39 is 5.97 Å². The number of carboxylic acids is 1. The van der Waals surface area contributed by atoms with Gasteiger partial charge in [0.1, 0.15) is 5.69 Å². The topological polar surface area (TPSA) is 108 Å². The Morgan fingerprint density at radius 1 is 1.11 bits per heavy atom. The third kappa shape index (κ3) is 4.19. The van der Waals surface area contributed by atoms with Gasteiger partial charge in [0.15, 0.2) is 0 Å². The highest BCUT2D eigenvalue weighted by molar-refractivity contribution is 6.08. The first-order chi connectivity index (χ1) is 13.1. The Morgan fingerprint density at radius 2 is 1.81 bits per heavy atom. The fourth-order valence-corrected chi connectivity index (χ4v) is 2.57. The van der Waals surface area contributed by atoms with Crippen molar-refractivity contribution in [3.05, 3.63) is 71.9 Å². The van der Waals surface area contributed by atoms with Crippen molar-refractivity contribution in [2.24, 2.45) is 0 Å². The number of aromatic nitrogens is 2. The van der Waals surface area contributed by atoms with Gasteiger partial charge in [-0.25, -0.2) is 4.79 Å². The quantitative estimate of drug-likeness (QED) is 0.700. The van der Waals surface area contributed by atoms with E-state index in [1.165, 1.54) is 24.3 Å². The zero-order chi connectivity index (χ0) is 19.2. The number of aryl methyl sites for hydroxylation is 1. The van der Waals surface area contributed by atoms with Crippen molar-refractivity contribution < 1.29 is 14.7 Å². The van der Waals surface area contributed by atoms with Gasteiger partial charge in [-0.2, -0.15) is 10.4 Å². The third-order valence-corrected chi connectivity index (χ3v) is 3.90. The van der Waals surface area contributed by atoms with Gasteiger partial charge in [-0.3, -0.25) is 9.48 Å². The second kappa shape index (κ2) is 7.97. The van der Waals surface area contributed by atoms with Crippen molar-refractivity contribution in [1.29, 1.82) is 5.26 Å². The van der Waals surface area contributed by atoms with Gasteiger partial charge in [-0.15, -0.1) is 0 Å². The zero-order valence-electron chi connectivity index (χ0n) is 14.3. The van der Waals surface area contributed by atoms with Crippen molar-refractivity contribution in [3.8, 4) is 17.3 Å². The van der Waals surface area contributed by atoms with Crippen LogP contribution < -0.4 is 5.32 Å². The molecule has 2 N–H and O–H groups in total. The highest BCUT2D eigenvalue weighted by Gasteiger charge is 2.18. The summed E-state index contributed by atoms with van der Waals surface area (Å²) in [5.74, 6) is -1.39. The van der Waals surface area contributed by atoms with Crippen LogP contribution >= 0.6 is 0 Å². The first-order valence-corrected chi connectivity index (χ1v) is 8.23. The molecule has 0 aliphatic heterocycles. The molecule has 1 heterocycles. The number of carbonyl (C=O) groups is 2. The fraction of sp³-hybridized carbons (Fsp3) is 0.100. The van der Waals surface area contributed by atoms with Crippen molar-refractivity contribution >= 4 is 17.6 Å². The van der Waals surface area contributed by atoms with Crippen molar-refractivity contribution in [2.75, 3.05) is 5.32 Å². The minimum Gasteiger partial charge on any atom is -0.478 e. The van der Waals surface area contributed by atoms with Crippen LogP contribution in [0.1, 0.15) is 27.1 Å². The lowest BCUT2D eigenvalue weighted by Gasteiger charge is -2.06. The van der Waals surface area contributed by atoms with Crippen LogP contribution in [0.2, 0.25) is 0 Å². The van der Waals surface area contributed by atoms with Gasteiger partial charge in [-0.05, 0) is 24.3 Å². The number of benzene rings is 2. The summed E-state index contributed by atoms with van der Waals surface area (Å²) in [6.07, 6.45) is 1.90. The maximum absolute atomic E-state index is 12.8. The van der Waals surface area contributed by atoms with E-state index in [4.69, 9.17) is 10.4 Å². The van der Waals surface area contributed by atoms with Gasteiger partial charge >= 0.3 is 5.97 Å². The lowest BCUT2D eigenvalue weighted by atomic mass is 10.1. The van der Waals surface area contributed by atoms with Gasteiger partial charge in [0.2, 0.25) is 0 Å². The SMILES string of the molecule is N#CCCn1cc(C(=O)Nc2ccc(C(=O)O)cc2)c(-c2ccccc2)n1. The van der Waals surface area contributed by atoms with Gasteiger partial charge in [-0.1, -0.05) is 30.3 Å². The zero-order valence-corrected chi connectivity index (χ0v) is 14.3. The molecule has 27 heavy (non-hydrogen) atoms. The molecule has 3 rings (SSSR count). The Labute approximate surface area is 155 Å². The van der Waals surface area contributed by atoms with Crippen LogP contribution in [-0.4, -0.2) is 26.8 Å². The number of nitriles is 1. The molecule has 7 heteroatoms. The minimum absolute atomic E-state index is 0.141. The summed E-state index contributed by atoms with van der Waals surface area (Å²) in [5, 5.41) is 24.9. The molecule has 0 aliphatic rings. The molecule has 0 radical (unpaired) electrons. The van der Waals surface area contributed by atoms with E-state index in [1.807, 2.05) is 30.3 Å². The summed E-state index contributed by atoms with van der Waals surface area (Å²) in [7, 11) is 0. The standard InChI is InChI=1S/C20H16N4O3/c21-11-4-12-24-13-17(18(23-24)14-5-2-1-3-6-14)19(25)22-16-9-7-15(8-10-16)20(26)27/h1-3,5-10,13H,4,12H2,(H,22,25)(H,26,27). The predicted octanol–water partition coefficient (Wildman–Crippen LogP) is 3.41. The number of amides is 1. The third-order valence-electron chi connectivity index (χ3n) is 3.90. The van der Waals surface area contributed by atoms with Crippen LogP contribution in [-0.2, 0) is 6.54 Å². The summed E-state index contributed by atoms with van der Waals surface area (Å²) in [6, 6.07) is 17.3. The Kier molecular flexibility index (Phi) is 5.28.